The first-order chi connectivity index (χ1) is 6.43. The van der Waals surface area contributed by atoms with E-state index in [2.05, 4.69) is 5.92 Å². The van der Waals surface area contributed by atoms with Crippen LogP contribution in [0.4, 0.5) is 18.6 Å². The topological polar surface area (TPSA) is 26.0 Å². The van der Waals surface area contributed by atoms with Crippen LogP contribution in [-0.2, 0) is 6.42 Å². The number of hydrogen-bond donors (Lipinski definition) is 1. The zero-order valence-corrected chi connectivity index (χ0v) is 11.4. The van der Waals surface area contributed by atoms with Crippen molar-refractivity contribution < 1.29 is 64.3 Å². The minimum Gasteiger partial charge on any atom is -0.445 e. The van der Waals surface area contributed by atoms with Crippen LogP contribution in [0.25, 0.3) is 0 Å². The van der Waals surface area contributed by atoms with E-state index in [9.17, 15) is 12.9 Å². The van der Waals surface area contributed by atoms with E-state index in [1.807, 2.05) is 0 Å². The molecule has 1 nitrogen and oxygen atoms in total. The van der Waals surface area contributed by atoms with Crippen LogP contribution >= 0.6 is 0 Å². The van der Waals surface area contributed by atoms with Crippen molar-refractivity contribution in [2.24, 2.45) is 0 Å². The van der Waals surface area contributed by atoms with E-state index in [1.165, 1.54) is 6.07 Å². The van der Waals surface area contributed by atoms with E-state index in [0.717, 1.165) is 12.1 Å². The number of terminal acetylenes is 1. The molecular weight excluding hydrogens is 229 g/mol. The van der Waals surface area contributed by atoms with Gasteiger partial charge in [0.25, 0.3) is 0 Å². The summed E-state index contributed by atoms with van der Waals surface area (Å²) in [4.78, 5) is 0. The molecule has 6 heteroatoms. The summed E-state index contributed by atoms with van der Waals surface area (Å²) in [6.07, 6.45) is 5.16. The zero-order valence-electron chi connectivity index (χ0n) is 8.31. The molecule has 0 saturated carbocycles. The maximum Gasteiger partial charge on any atom is 1.00 e. The summed E-state index contributed by atoms with van der Waals surface area (Å²) in [7, 11) is 0. The van der Waals surface area contributed by atoms with Crippen LogP contribution in [0.3, 0.4) is 0 Å². The Morgan fingerprint density at radius 1 is 1.27 bits per heavy atom. The first-order valence-electron chi connectivity index (χ1n) is 3.96. The summed E-state index contributed by atoms with van der Waals surface area (Å²) in [5.41, 5.74) is 5.14. The van der Waals surface area contributed by atoms with Crippen molar-refractivity contribution in [2.75, 3.05) is 5.73 Å². The third-order valence-electron chi connectivity index (χ3n) is 1.72. The second kappa shape index (κ2) is 5.97. The van der Waals surface area contributed by atoms with Gasteiger partial charge in [-0.1, -0.05) is 12.1 Å². The van der Waals surface area contributed by atoms with Crippen molar-refractivity contribution in [2.45, 2.75) is 6.42 Å². The molecule has 1 rings (SSSR count). The van der Waals surface area contributed by atoms with Crippen LogP contribution in [0.5, 0.6) is 0 Å². The van der Waals surface area contributed by atoms with E-state index in [4.69, 9.17) is 12.2 Å². The fourth-order valence-electron chi connectivity index (χ4n) is 1.15. The molecule has 1 aromatic carbocycles. The second-order valence-corrected chi connectivity index (χ2v) is 2.96. The number of anilines is 1. The number of rotatable bonds is 2. The molecule has 0 radical (unpaired) electrons. The van der Waals surface area contributed by atoms with Crippen molar-refractivity contribution >= 4 is 18.1 Å². The Morgan fingerprint density at radius 3 is 2.33 bits per heavy atom. The quantitative estimate of drug-likeness (QED) is 0.378. The average molecular weight is 237 g/mol. The van der Waals surface area contributed by atoms with Crippen LogP contribution in [0.1, 0.15) is 5.56 Å². The van der Waals surface area contributed by atoms with Gasteiger partial charge in [-0.3, -0.25) is 0 Å². The van der Waals surface area contributed by atoms with Crippen molar-refractivity contribution in [1.82, 2.24) is 0 Å². The molecule has 0 aliphatic rings. The summed E-state index contributed by atoms with van der Waals surface area (Å²) in [5.74, 6) is 2.27. The Bertz CT molecular complexity index is 384. The average Bonchev–Trinajstić information content (AvgIpc) is 2.02. The molecule has 0 amide bonds. The molecule has 0 heterocycles. The maximum atomic E-state index is 12.3. The van der Waals surface area contributed by atoms with Crippen LogP contribution in [0.15, 0.2) is 18.2 Å². The smallest absolute Gasteiger partial charge is 0.445 e. The van der Waals surface area contributed by atoms with Gasteiger partial charge in [0.2, 0.25) is 0 Å². The Balaban J connectivity index is 0.00000196. The molecule has 74 valence electrons. The summed E-state index contributed by atoms with van der Waals surface area (Å²) >= 11 is 0. The number of benzene rings is 1. The molecule has 0 aliphatic carbocycles. The van der Waals surface area contributed by atoms with Gasteiger partial charge in [-0.15, -0.1) is 17.8 Å². The standard InChI is InChI=1S/C9H8BF3N.K/c1-2-3-7-4-8(10(11,12)13)6-9(14)5-7;/h1,4-6H,3,14H2;/q-1;+1. The van der Waals surface area contributed by atoms with Crippen molar-refractivity contribution in [3.05, 3.63) is 23.8 Å². The summed E-state index contributed by atoms with van der Waals surface area (Å²) in [6, 6.07) is 3.40. The summed E-state index contributed by atoms with van der Waals surface area (Å²) in [5, 5.41) is 0. The van der Waals surface area contributed by atoms with Gasteiger partial charge in [-0.05, 0) is 11.6 Å². The monoisotopic (exact) mass is 237 g/mol. The van der Waals surface area contributed by atoms with E-state index in [0.29, 0.717) is 5.56 Å². The van der Waals surface area contributed by atoms with Crippen molar-refractivity contribution in [1.29, 1.82) is 0 Å². The molecule has 0 atom stereocenters. The van der Waals surface area contributed by atoms with Gasteiger partial charge in [-0.25, -0.2) is 0 Å². The van der Waals surface area contributed by atoms with Crippen LogP contribution in [0.2, 0.25) is 0 Å². The SMILES string of the molecule is C#CCc1cc(N)cc([B-](F)(F)F)c1.[K+]. The molecule has 0 spiro atoms. The molecule has 0 unspecified atom stereocenters. The molecule has 0 saturated heterocycles. The largest absolute Gasteiger partial charge is 1.00 e. The number of hydrogen-bond acceptors (Lipinski definition) is 1. The third-order valence-corrected chi connectivity index (χ3v) is 1.72. The van der Waals surface area contributed by atoms with Crippen molar-refractivity contribution in [3.63, 3.8) is 0 Å². The summed E-state index contributed by atoms with van der Waals surface area (Å²) < 4.78 is 37.0. The molecule has 0 aromatic heterocycles. The van der Waals surface area contributed by atoms with Gasteiger partial charge in [0.15, 0.2) is 0 Å². The van der Waals surface area contributed by atoms with Gasteiger partial charge in [-0.2, -0.15) is 0 Å². The van der Waals surface area contributed by atoms with E-state index in [-0.39, 0.29) is 63.5 Å². The molecule has 0 bridgehead atoms. The van der Waals surface area contributed by atoms with E-state index in [1.54, 1.807) is 0 Å². The predicted octanol–water partition coefficient (Wildman–Crippen LogP) is -1.50. The Hall–Kier alpha value is 0.0713. The zero-order chi connectivity index (χ0) is 10.8. The number of nitrogen functional groups attached to an aromatic ring is 1. The van der Waals surface area contributed by atoms with Gasteiger partial charge in [0.1, 0.15) is 0 Å². The fraction of sp³-hybridized carbons (Fsp3) is 0.111. The maximum absolute atomic E-state index is 12.3. The van der Waals surface area contributed by atoms with E-state index < -0.39 is 12.4 Å². The molecule has 0 aliphatic heterocycles. The van der Waals surface area contributed by atoms with Crippen LogP contribution in [0, 0.1) is 12.3 Å². The molecule has 15 heavy (non-hydrogen) atoms. The van der Waals surface area contributed by atoms with Gasteiger partial charge < -0.3 is 18.7 Å². The third kappa shape index (κ3) is 4.62. The number of halogens is 3. The Morgan fingerprint density at radius 2 is 1.87 bits per heavy atom. The first-order valence-corrected chi connectivity index (χ1v) is 3.96. The second-order valence-electron chi connectivity index (χ2n) is 2.96. The fourth-order valence-corrected chi connectivity index (χ4v) is 1.15. The molecule has 2 N–H and O–H groups in total. The van der Waals surface area contributed by atoms with Crippen LogP contribution in [-0.4, -0.2) is 6.98 Å². The first kappa shape index (κ1) is 15.1. The van der Waals surface area contributed by atoms with Crippen LogP contribution < -0.4 is 62.6 Å². The summed E-state index contributed by atoms with van der Waals surface area (Å²) in [6.45, 7) is -5.01. The molecule has 1 aromatic rings. The normalized spacial score (nSPS) is 10.3. The van der Waals surface area contributed by atoms with Gasteiger partial charge >= 0.3 is 58.4 Å². The minimum absolute atomic E-state index is 0. The Labute approximate surface area is 129 Å². The Kier molecular flexibility index (Phi) is 6.00. The molecular formula is C9H8BF3KN. The van der Waals surface area contributed by atoms with Gasteiger partial charge in [0, 0.05) is 12.1 Å². The van der Waals surface area contributed by atoms with E-state index >= 15 is 0 Å². The predicted molar refractivity (Wildman–Crippen MR) is 52.1 cm³/mol. The molecule has 0 fully saturated rings. The minimum atomic E-state index is -5.01. The number of nitrogens with two attached hydrogens (primary N) is 1. The van der Waals surface area contributed by atoms with Gasteiger partial charge in [0.05, 0.1) is 0 Å². The van der Waals surface area contributed by atoms with Crippen molar-refractivity contribution in [3.8, 4) is 12.3 Å².